The van der Waals surface area contributed by atoms with Gasteiger partial charge in [-0.2, -0.15) is 0 Å². The Balaban J connectivity index is 1.68. The fourth-order valence-corrected chi connectivity index (χ4v) is 3.59. The number of ether oxygens (including phenoxy) is 1. The molecule has 2 aliphatic rings. The van der Waals surface area contributed by atoms with Crippen molar-refractivity contribution in [3.63, 3.8) is 0 Å². The highest BCUT2D eigenvalue weighted by Gasteiger charge is 2.28. The van der Waals surface area contributed by atoms with Crippen molar-refractivity contribution < 1.29 is 4.74 Å². The summed E-state index contributed by atoms with van der Waals surface area (Å²) < 4.78 is 5.44. The van der Waals surface area contributed by atoms with Crippen LogP contribution in [0.4, 0.5) is 0 Å². The van der Waals surface area contributed by atoms with Gasteiger partial charge in [0.05, 0.1) is 6.10 Å². The highest BCUT2D eigenvalue weighted by atomic mass is 16.5. The summed E-state index contributed by atoms with van der Waals surface area (Å²) >= 11 is 0. The van der Waals surface area contributed by atoms with Crippen LogP contribution in [0, 0.1) is 11.8 Å². The largest absolute Gasteiger partial charge is 0.381 e. The van der Waals surface area contributed by atoms with Gasteiger partial charge < -0.3 is 10.1 Å². The lowest BCUT2D eigenvalue weighted by Gasteiger charge is -2.33. The first-order valence-electron chi connectivity index (χ1n) is 7.48. The standard InChI is InChI=1S/C15H29NO/c1-11(2)12-4-6-13(7-5-12)16-14-8-9-15(10-14)17-3/h11-16H,4-10H2,1-3H3. The van der Waals surface area contributed by atoms with Gasteiger partial charge in [0, 0.05) is 19.2 Å². The molecule has 2 heteroatoms. The predicted molar refractivity (Wildman–Crippen MR) is 72.2 cm³/mol. The maximum atomic E-state index is 5.44. The van der Waals surface area contributed by atoms with E-state index in [0.29, 0.717) is 6.10 Å². The molecule has 0 bridgehead atoms. The summed E-state index contributed by atoms with van der Waals surface area (Å²) in [5.74, 6) is 1.85. The van der Waals surface area contributed by atoms with Crippen molar-refractivity contribution in [1.29, 1.82) is 0 Å². The molecule has 0 heterocycles. The van der Waals surface area contributed by atoms with Crippen LogP contribution in [0.5, 0.6) is 0 Å². The quantitative estimate of drug-likeness (QED) is 0.812. The van der Waals surface area contributed by atoms with Crippen molar-refractivity contribution in [1.82, 2.24) is 5.32 Å². The second kappa shape index (κ2) is 6.19. The lowest BCUT2D eigenvalue weighted by atomic mass is 9.79. The molecular weight excluding hydrogens is 210 g/mol. The Morgan fingerprint density at radius 2 is 1.59 bits per heavy atom. The Morgan fingerprint density at radius 1 is 0.941 bits per heavy atom. The van der Waals surface area contributed by atoms with Crippen LogP contribution < -0.4 is 5.32 Å². The molecule has 0 aliphatic heterocycles. The third-order valence-electron chi connectivity index (χ3n) is 4.90. The van der Waals surface area contributed by atoms with Gasteiger partial charge in [0.2, 0.25) is 0 Å². The zero-order valence-electron chi connectivity index (χ0n) is 11.7. The van der Waals surface area contributed by atoms with Gasteiger partial charge in [-0.3, -0.25) is 0 Å². The minimum Gasteiger partial charge on any atom is -0.381 e. The molecule has 100 valence electrons. The topological polar surface area (TPSA) is 21.3 Å². The van der Waals surface area contributed by atoms with E-state index in [1.807, 2.05) is 7.11 Å². The maximum absolute atomic E-state index is 5.44. The zero-order chi connectivity index (χ0) is 12.3. The second-order valence-electron chi connectivity index (χ2n) is 6.39. The van der Waals surface area contributed by atoms with E-state index in [4.69, 9.17) is 4.74 Å². The van der Waals surface area contributed by atoms with Crippen LogP contribution in [0.15, 0.2) is 0 Å². The average molecular weight is 239 g/mol. The summed E-state index contributed by atoms with van der Waals surface area (Å²) in [6, 6.07) is 1.51. The zero-order valence-corrected chi connectivity index (χ0v) is 11.7. The van der Waals surface area contributed by atoms with Crippen LogP contribution in [0.25, 0.3) is 0 Å². The van der Waals surface area contributed by atoms with Gasteiger partial charge in [0.25, 0.3) is 0 Å². The van der Waals surface area contributed by atoms with Crippen molar-refractivity contribution in [2.75, 3.05) is 7.11 Å². The van der Waals surface area contributed by atoms with Gasteiger partial charge in [0.1, 0.15) is 0 Å². The molecule has 2 rings (SSSR count). The molecule has 0 spiro atoms. The summed E-state index contributed by atoms with van der Waals surface area (Å²) in [7, 11) is 1.85. The molecule has 2 nitrogen and oxygen atoms in total. The van der Waals surface area contributed by atoms with E-state index >= 15 is 0 Å². The van der Waals surface area contributed by atoms with E-state index in [2.05, 4.69) is 19.2 Å². The van der Waals surface area contributed by atoms with E-state index in [-0.39, 0.29) is 0 Å². The van der Waals surface area contributed by atoms with Crippen LogP contribution in [-0.2, 0) is 4.74 Å². The molecule has 2 aliphatic carbocycles. The molecule has 0 aromatic heterocycles. The molecule has 0 aromatic rings. The Labute approximate surface area is 107 Å². The number of hydrogen-bond donors (Lipinski definition) is 1. The van der Waals surface area contributed by atoms with E-state index < -0.39 is 0 Å². The Morgan fingerprint density at radius 3 is 2.12 bits per heavy atom. The average Bonchev–Trinajstić information content (AvgIpc) is 2.77. The molecule has 0 aromatic carbocycles. The molecule has 1 N–H and O–H groups in total. The number of nitrogens with one attached hydrogen (secondary N) is 1. The summed E-state index contributed by atoms with van der Waals surface area (Å²) in [4.78, 5) is 0. The fourth-order valence-electron chi connectivity index (χ4n) is 3.59. The second-order valence-corrected chi connectivity index (χ2v) is 6.39. The molecule has 2 atom stereocenters. The smallest absolute Gasteiger partial charge is 0.0586 e. The number of rotatable bonds is 4. The molecule has 2 unspecified atom stereocenters. The Bertz CT molecular complexity index is 221. The van der Waals surface area contributed by atoms with Gasteiger partial charge >= 0.3 is 0 Å². The minimum atomic E-state index is 0.513. The summed E-state index contributed by atoms with van der Waals surface area (Å²) in [6.07, 6.45) is 9.91. The van der Waals surface area contributed by atoms with Gasteiger partial charge in [0.15, 0.2) is 0 Å². The summed E-state index contributed by atoms with van der Waals surface area (Å²) in [5.41, 5.74) is 0. The predicted octanol–water partition coefficient (Wildman–Crippen LogP) is 3.36. The van der Waals surface area contributed by atoms with Crippen LogP contribution in [0.1, 0.15) is 58.8 Å². The van der Waals surface area contributed by atoms with Gasteiger partial charge in [-0.1, -0.05) is 13.8 Å². The fraction of sp³-hybridized carbons (Fsp3) is 1.00. The van der Waals surface area contributed by atoms with Gasteiger partial charge in [-0.05, 0) is 56.8 Å². The lowest BCUT2D eigenvalue weighted by Crippen LogP contribution is -2.40. The van der Waals surface area contributed by atoms with Crippen LogP contribution >= 0.6 is 0 Å². The lowest BCUT2D eigenvalue weighted by molar-refractivity contribution is 0.106. The molecule has 0 saturated heterocycles. The third-order valence-corrected chi connectivity index (χ3v) is 4.90. The normalized spacial score (nSPS) is 38.8. The maximum Gasteiger partial charge on any atom is 0.0586 e. The third kappa shape index (κ3) is 3.69. The van der Waals surface area contributed by atoms with E-state index in [1.54, 1.807) is 0 Å². The highest BCUT2D eigenvalue weighted by molar-refractivity contribution is 4.86. The molecule has 17 heavy (non-hydrogen) atoms. The van der Waals surface area contributed by atoms with Crippen molar-refractivity contribution in [3.8, 4) is 0 Å². The SMILES string of the molecule is COC1CCC(NC2CCC(C(C)C)CC2)C1. The van der Waals surface area contributed by atoms with Crippen LogP contribution in [0.2, 0.25) is 0 Å². The first kappa shape index (κ1) is 13.4. The van der Waals surface area contributed by atoms with Crippen molar-refractivity contribution in [3.05, 3.63) is 0 Å². The summed E-state index contributed by atoms with van der Waals surface area (Å²) in [5, 5.41) is 3.86. The molecule has 0 radical (unpaired) electrons. The molecular formula is C15H29NO. The van der Waals surface area contributed by atoms with E-state index in [1.165, 1.54) is 44.9 Å². The first-order chi connectivity index (χ1) is 8.19. The Hall–Kier alpha value is -0.0800. The van der Waals surface area contributed by atoms with Gasteiger partial charge in [-0.25, -0.2) is 0 Å². The van der Waals surface area contributed by atoms with Crippen LogP contribution in [0.3, 0.4) is 0 Å². The minimum absolute atomic E-state index is 0.513. The Kier molecular flexibility index (Phi) is 4.87. The molecule has 2 fully saturated rings. The molecule has 2 saturated carbocycles. The van der Waals surface area contributed by atoms with Crippen molar-refractivity contribution in [2.45, 2.75) is 77.0 Å². The van der Waals surface area contributed by atoms with Gasteiger partial charge in [-0.15, -0.1) is 0 Å². The monoisotopic (exact) mass is 239 g/mol. The van der Waals surface area contributed by atoms with E-state index in [0.717, 1.165) is 23.9 Å². The number of methoxy groups -OCH3 is 1. The van der Waals surface area contributed by atoms with Crippen LogP contribution in [-0.4, -0.2) is 25.3 Å². The van der Waals surface area contributed by atoms with E-state index in [9.17, 15) is 0 Å². The highest BCUT2D eigenvalue weighted by Crippen LogP contribution is 2.31. The first-order valence-corrected chi connectivity index (χ1v) is 7.48. The number of hydrogen-bond acceptors (Lipinski definition) is 2. The van der Waals surface area contributed by atoms with Crippen molar-refractivity contribution in [2.24, 2.45) is 11.8 Å². The summed E-state index contributed by atoms with van der Waals surface area (Å²) in [6.45, 7) is 4.75. The molecule has 0 amide bonds. The van der Waals surface area contributed by atoms with Crippen molar-refractivity contribution >= 4 is 0 Å².